The fourth-order valence-corrected chi connectivity index (χ4v) is 1.84. The second kappa shape index (κ2) is 6.70. The average Bonchev–Trinajstić information content (AvgIpc) is 2.96. The zero-order valence-corrected chi connectivity index (χ0v) is 13.2. The van der Waals surface area contributed by atoms with Crippen LogP contribution in [0.25, 0.3) is 0 Å². The summed E-state index contributed by atoms with van der Waals surface area (Å²) in [4.78, 5) is 16.4. The maximum atomic E-state index is 12.1. The lowest BCUT2D eigenvalue weighted by atomic mass is 9.92. The molecule has 1 atom stereocenters. The van der Waals surface area contributed by atoms with Crippen molar-refractivity contribution in [2.24, 2.45) is 11.1 Å². The van der Waals surface area contributed by atoms with E-state index in [0.717, 1.165) is 5.56 Å². The maximum absolute atomic E-state index is 12.1. The van der Waals surface area contributed by atoms with E-state index in [4.69, 9.17) is 10.3 Å². The van der Waals surface area contributed by atoms with Crippen molar-refractivity contribution >= 4 is 5.91 Å². The molecule has 0 saturated heterocycles. The van der Waals surface area contributed by atoms with Crippen LogP contribution in [0.15, 0.2) is 34.9 Å². The number of carbonyl (C=O) groups is 1. The van der Waals surface area contributed by atoms with Gasteiger partial charge in [0.15, 0.2) is 5.82 Å². The summed E-state index contributed by atoms with van der Waals surface area (Å²) in [6.07, 6.45) is 0.572. The van der Waals surface area contributed by atoms with Gasteiger partial charge in [-0.2, -0.15) is 4.98 Å². The lowest BCUT2D eigenvalue weighted by molar-refractivity contribution is -0.129. The first kappa shape index (κ1) is 16.2. The van der Waals surface area contributed by atoms with Gasteiger partial charge in [0.25, 0.3) is 0 Å². The van der Waals surface area contributed by atoms with Gasteiger partial charge in [-0.25, -0.2) is 0 Å². The Labute approximate surface area is 130 Å². The molecule has 0 aliphatic rings. The predicted octanol–water partition coefficient (Wildman–Crippen LogP) is 1.82. The van der Waals surface area contributed by atoms with Gasteiger partial charge in [0.1, 0.15) is 0 Å². The molecule has 118 valence electrons. The summed E-state index contributed by atoms with van der Waals surface area (Å²) in [5.74, 6) is 0.865. The van der Waals surface area contributed by atoms with Gasteiger partial charge in [-0.05, 0) is 26.3 Å². The first-order chi connectivity index (χ1) is 10.4. The van der Waals surface area contributed by atoms with E-state index in [2.05, 4.69) is 15.5 Å². The largest absolute Gasteiger partial charge is 0.346 e. The molecular weight excluding hydrogens is 280 g/mol. The van der Waals surface area contributed by atoms with E-state index in [1.807, 2.05) is 37.3 Å². The van der Waals surface area contributed by atoms with E-state index in [1.165, 1.54) is 0 Å². The molecule has 0 fully saturated rings. The molecule has 1 unspecified atom stereocenters. The van der Waals surface area contributed by atoms with Crippen LogP contribution in [0.4, 0.5) is 0 Å². The molecule has 1 aromatic carbocycles. The number of nitrogens with two attached hydrogens (primary N) is 1. The molecular formula is C16H22N4O2. The van der Waals surface area contributed by atoms with Crippen LogP contribution in [0.1, 0.15) is 44.1 Å². The molecule has 1 aromatic heterocycles. The van der Waals surface area contributed by atoms with Crippen LogP contribution in [0.2, 0.25) is 0 Å². The number of aromatic nitrogens is 2. The highest BCUT2D eigenvalue weighted by molar-refractivity contribution is 5.82. The highest BCUT2D eigenvalue weighted by atomic mass is 16.5. The smallest absolute Gasteiger partial charge is 0.231 e. The van der Waals surface area contributed by atoms with Crippen LogP contribution in [0.5, 0.6) is 0 Å². The SMILES string of the molecule is CC(NC(=O)C(C)(C)CN)c1noc(Cc2ccccc2)n1. The zero-order valence-electron chi connectivity index (χ0n) is 13.2. The maximum Gasteiger partial charge on any atom is 0.231 e. The van der Waals surface area contributed by atoms with Gasteiger partial charge in [0.05, 0.1) is 17.9 Å². The normalized spacial score (nSPS) is 12.9. The van der Waals surface area contributed by atoms with Crippen molar-refractivity contribution in [1.82, 2.24) is 15.5 Å². The Hall–Kier alpha value is -2.21. The number of carbonyl (C=O) groups excluding carboxylic acids is 1. The van der Waals surface area contributed by atoms with Crippen LogP contribution < -0.4 is 11.1 Å². The van der Waals surface area contributed by atoms with Crippen molar-refractivity contribution in [2.75, 3.05) is 6.54 Å². The Morgan fingerprint density at radius 3 is 2.68 bits per heavy atom. The Kier molecular flexibility index (Phi) is 4.92. The second-order valence-electron chi connectivity index (χ2n) is 5.99. The minimum Gasteiger partial charge on any atom is -0.346 e. The standard InChI is InChI=1S/C16H22N4O2/c1-11(18-15(21)16(2,3)10-17)14-19-13(22-20-14)9-12-7-5-4-6-8-12/h4-8,11H,9-10,17H2,1-3H3,(H,18,21). The first-order valence-electron chi connectivity index (χ1n) is 7.30. The Morgan fingerprint density at radius 1 is 1.36 bits per heavy atom. The van der Waals surface area contributed by atoms with Crippen LogP contribution in [0.3, 0.4) is 0 Å². The number of nitrogens with one attached hydrogen (secondary N) is 1. The fourth-order valence-electron chi connectivity index (χ4n) is 1.84. The second-order valence-corrected chi connectivity index (χ2v) is 5.99. The molecule has 0 aliphatic carbocycles. The average molecular weight is 302 g/mol. The van der Waals surface area contributed by atoms with Crippen LogP contribution in [-0.4, -0.2) is 22.6 Å². The lowest BCUT2D eigenvalue weighted by Crippen LogP contribution is -2.42. The van der Waals surface area contributed by atoms with Gasteiger partial charge in [0, 0.05) is 6.54 Å². The van der Waals surface area contributed by atoms with Gasteiger partial charge >= 0.3 is 0 Å². The molecule has 0 radical (unpaired) electrons. The highest BCUT2D eigenvalue weighted by Crippen LogP contribution is 2.17. The number of hydrogen-bond donors (Lipinski definition) is 2. The minimum atomic E-state index is -0.620. The summed E-state index contributed by atoms with van der Waals surface area (Å²) < 4.78 is 5.25. The van der Waals surface area contributed by atoms with Gasteiger partial charge in [-0.15, -0.1) is 0 Å². The Bertz CT molecular complexity index is 622. The Balaban J connectivity index is 2.00. The summed E-state index contributed by atoms with van der Waals surface area (Å²) in [7, 11) is 0. The molecule has 0 spiro atoms. The van der Waals surface area contributed by atoms with Crippen LogP contribution in [0, 0.1) is 5.41 Å². The van der Waals surface area contributed by atoms with Crippen LogP contribution >= 0.6 is 0 Å². The number of benzene rings is 1. The number of nitrogens with zero attached hydrogens (tertiary/aromatic N) is 2. The molecule has 0 bridgehead atoms. The third kappa shape index (κ3) is 3.92. The Morgan fingerprint density at radius 2 is 2.05 bits per heavy atom. The first-order valence-corrected chi connectivity index (χ1v) is 7.30. The van der Waals surface area contributed by atoms with E-state index in [0.29, 0.717) is 18.1 Å². The van der Waals surface area contributed by atoms with Gasteiger partial charge in [-0.1, -0.05) is 35.5 Å². The third-order valence-corrected chi connectivity index (χ3v) is 3.54. The number of rotatable bonds is 6. The van der Waals surface area contributed by atoms with Crippen LogP contribution in [-0.2, 0) is 11.2 Å². The van der Waals surface area contributed by atoms with Gasteiger partial charge < -0.3 is 15.6 Å². The quantitative estimate of drug-likeness (QED) is 0.849. The molecule has 1 amide bonds. The summed E-state index contributed by atoms with van der Waals surface area (Å²) in [5, 5.41) is 6.80. The molecule has 0 aliphatic heterocycles. The van der Waals surface area contributed by atoms with E-state index in [1.54, 1.807) is 13.8 Å². The zero-order chi connectivity index (χ0) is 16.2. The van der Waals surface area contributed by atoms with Crippen molar-refractivity contribution in [3.8, 4) is 0 Å². The molecule has 0 saturated carbocycles. The number of hydrogen-bond acceptors (Lipinski definition) is 5. The molecule has 22 heavy (non-hydrogen) atoms. The molecule has 6 nitrogen and oxygen atoms in total. The van der Waals surface area contributed by atoms with E-state index in [9.17, 15) is 4.79 Å². The van der Waals surface area contributed by atoms with Gasteiger partial charge in [-0.3, -0.25) is 4.79 Å². The molecule has 2 rings (SSSR count). The fraction of sp³-hybridized carbons (Fsp3) is 0.438. The highest BCUT2D eigenvalue weighted by Gasteiger charge is 2.28. The topological polar surface area (TPSA) is 94.0 Å². The lowest BCUT2D eigenvalue weighted by Gasteiger charge is -2.23. The third-order valence-electron chi connectivity index (χ3n) is 3.54. The molecule has 2 aromatic rings. The van der Waals surface area contributed by atoms with E-state index < -0.39 is 5.41 Å². The molecule has 6 heteroatoms. The predicted molar refractivity (Wildman–Crippen MR) is 82.9 cm³/mol. The van der Waals surface area contributed by atoms with Crippen molar-refractivity contribution in [1.29, 1.82) is 0 Å². The molecule has 3 N–H and O–H groups in total. The van der Waals surface area contributed by atoms with E-state index in [-0.39, 0.29) is 18.5 Å². The summed E-state index contributed by atoms with van der Waals surface area (Å²) in [5.41, 5.74) is 6.08. The number of amides is 1. The summed E-state index contributed by atoms with van der Waals surface area (Å²) in [6, 6.07) is 9.55. The summed E-state index contributed by atoms with van der Waals surface area (Å²) >= 11 is 0. The van der Waals surface area contributed by atoms with Crippen molar-refractivity contribution in [2.45, 2.75) is 33.2 Å². The summed E-state index contributed by atoms with van der Waals surface area (Å²) in [6.45, 7) is 5.69. The van der Waals surface area contributed by atoms with Crippen molar-refractivity contribution in [3.63, 3.8) is 0 Å². The van der Waals surface area contributed by atoms with Gasteiger partial charge in [0.2, 0.25) is 11.8 Å². The molecule has 1 heterocycles. The minimum absolute atomic E-state index is 0.128. The van der Waals surface area contributed by atoms with Crippen molar-refractivity contribution < 1.29 is 9.32 Å². The van der Waals surface area contributed by atoms with E-state index >= 15 is 0 Å². The monoisotopic (exact) mass is 302 g/mol. The van der Waals surface area contributed by atoms with Crippen molar-refractivity contribution in [3.05, 3.63) is 47.6 Å².